The fourth-order valence-electron chi connectivity index (χ4n) is 4.75. The second-order valence-corrected chi connectivity index (χ2v) is 8.69. The van der Waals surface area contributed by atoms with Gasteiger partial charge in [0, 0.05) is 20.0 Å². The number of ether oxygens (including phenoxy) is 1. The molecule has 0 aliphatic heterocycles. The fraction of sp³-hybridized carbons (Fsp3) is 0.957. The van der Waals surface area contributed by atoms with Crippen LogP contribution in [0.25, 0.3) is 0 Å². The van der Waals surface area contributed by atoms with Crippen LogP contribution >= 0.6 is 0 Å². The highest BCUT2D eigenvalue weighted by Gasteiger charge is 2.41. The SMILES string of the molecule is CCCCCCCC(O)CC[C@@H]1[C@@H](CCCCCCC(=O)O)[C@@H](O)C[C@H]1OC. The summed E-state index contributed by atoms with van der Waals surface area (Å²) in [6, 6.07) is 0. The standard InChI is InChI=1S/C23H44O5/c1-3-4-5-6-9-12-18(24)15-16-20-19(21(25)17-22(20)28-2)13-10-7-8-11-14-23(26)27/h18-22,24-25H,3-17H2,1-2H3,(H,26,27)/t18?,19-,20-,21+,22-/m1/s1. The minimum absolute atomic E-state index is 0.0868. The number of aliphatic hydroxyl groups excluding tert-OH is 2. The highest BCUT2D eigenvalue weighted by atomic mass is 16.5. The van der Waals surface area contributed by atoms with Gasteiger partial charge >= 0.3 is 5.97 Å². The average Bonchev–Trinajstić information content (AvgIpc) is 2.97. The van der Waals surface area contributed by atoms with Gasteiger partial charge in [-0.2, -0.15) is 0 Å². The molecule has 3 N–H and O–H groups in total. The van der Waals surface area contributed by atoms with Crippen molar-refractivity contribution < 1.29 is 24.9 Å². The maximum Gasteiger partial charge on any atom is 0.303 e. The normalized spacial score (nSPS) is 25.9. The van der Waals surface area contributed by atoms with E-state index < -0.39 is 5.97 Å². The summed E-state index contributed by atoms with van der Waals surface area (Å²) in [5.41, 5.74) is 0. The van der Waals surface area contributed by atoms with Gasteiger partial charge in [-0.25, -0.2) is 0 Å². The maximum atomic E-state index is 10.6. The molecule has 0 radical (unpaired) electrons. The van der Waals surface area contributed by atoms with Gasteiger partial charge in [0.25, 0.3) is 0 Å². The second kappa shape index (κ2) is 15.2. The third-order valence-corrected chi connectivity index (χ3v) is 6.45. The third-order valence-electron chi connectivity index (χ3n) is 6.45. The van der Waals surface area contributed by atoms with Crippen molar-refractivity contribution in [3.8, 4) is 0 Å². The van der Waals surface area contributed by atoms with Crippen molar-refractivity contribution in [3.63, 3.8) is 0 Å². The number of carbonyl (C=O) groups is 1. The molecule has 1 aliphatic rings. The van der Waals surface area contributed by atoms with Crippen molar-refractivity contribution in [2.45, 2.75) is 122 Å². The van der Waals surface area contributed by atoms with Crippen LogP contribution in [0.5, 0.6) is 0 Å². The van der Waals surface area contributed by atoms with Gasteiger partial charge in [0.2, 0.25) is 0 Å². The highest BCUT2D eigenvalue weighted by Crippen LogP contribution is 2.40. The van der Waals surface area contributed by atoms with E-state index in [1.54, 1.807) is 7.11 Å². The van der Waals surface area contributed by atoms with Gasteiger partial charge in [-0.1, -0.05) is 58.3 Å². The number of carboxylic acid groups (broad SMARTS) is 1. The molecule has 0 aromatic rings. The van der Waals surface area contributed by atoms with Crippen molar-refractivity contribution in [1.29, 1.82) is 0 Å². The van der Waals surface area contributed by atoms with Crippen LogP contribution in [-0.2, 0) is 9.53 Å². The van der Waals surface area contributed by atoms with E-state index >= 15 is 0 Å². The molecular formula is C23H44O5. The van der Waals surface area contributed by atoms with E-state index in [9.17, 15) is 15.0 Å². The molecule has 1 unspecified atom stereocenters. The number of methoxy groups -OCH3 is 1. The van der Waals surface area contributed by atoms with Gasteiger partial charge in [-0.15, -0.1) is 0 Å². The van der Waals surface area contributed by atoms with Crippen molar-refractivity contribution in [1.82, 2.24) is 0 Å². The van der Waals surface area contributed by atoms with E-state index in [0.717, 1.165) is 57.8 Å². The summed E-state index contributed by atoms with van der Waals surface area (Å²) in [5.74, 6) is -0.173. The highest BCUT2D eigenvalue weighted by molar-refractivity contribution is 5.66. The Labute approximate surface area is 171 Å². The van der Waals surface area contributed by atoms with E-state index in [0.29, 0.717) is 12.3 Å². The van der Waals surface area contributed by atoms with Crippen LogP contribution in [0.1, 0.15) is 103 Å². The Bertz CT molecular complexity index is 400. The number of carboxylic acids is 1. The molecule has 0 heterocycles. The van der Waals surface area contributed by atoms with Crippen LogP contribution in [0.15, 0.2) is 0 Å². The average molecular weight is 401 g/mol. The van der Waals surface area contributed by atoms with Gasteiger partial charge in [0.05, 0.1) is 18.3 Å². The van der Waals surface area contributed by atoms with Crippen molar-refractivity contribution in [3.05, 3.63) is 0 Å². The number of aliphatic carboxylic acids is 1. The molecule has 166 valence electrons. The van der Waals surface area contributed by atoms with Gasteiger partial charge in [0.15, 0.2) is 0 Å². The molecule has 28 heavy (non-hydrogen) atoms. The Morgan fingerprint density at radius 2 is 1.64 bits per heavy atom. The van der Waals surface area contributed by atoms with Crippen molar-refractivity contribution in [2.75, 3.05) is 7.11 Å². The van der Waals surface area contributed by atoms with Crippen molar-refractivity contribution in [2.24, 2.45) is 11.8 Å². The van der Waals surface area contributed by atoms with Crippen LogP contribution in [-0.4, -0.2) is 46.7 Å². The summed E-state index contributed by atoms with van der Waals surface area (Å²) in [5, 5.41) is 29.5. The summed E-state index contributed by atoms with van der Waals surface area (Å²) in [6.07, 6.45) is 13.8. The Morgan fingerprint density at radius 1 is 0.964 bits per heavy atom. The first-order valence-electron chi connectivity index (χ1n) is 11.6. The first-order valence-corrected chi connectivity index (χ1v) is 11.6. The molecule has 1 saturated carbocycles. The minimum Gasteiger partial charge on any atom is -0.481 e. The predicted molar refractivity (Wildman–Crippen MR) is 112 cm³/mol. The second-order valence-electron chi connectivity index (χ2n) is 8.69. The molecular weight excluding hydrogens is 356 g/mol. The quantitative estimate of drug-likeness (QED) is 0.302. The molecule has 0 aromatic carbocycles. The molecule has 5 heteroatoms. The molecule has 5 atom stereocenters. The van der Waals surface area contributed by atoms with Crippen LogP contribution in [0, 0.1) is 11.8 Å². The molecule has 0 aromatic heterocycles. The molecule has 1 rings (SSSR count). The Morgan fingerprint density at radius 3 is 2.32 bits per heavy atom. The Hall–Kier alpha value is -0.650. The molecule has 0 amide bonds. The summed E-state index contributed by atoms with van der Waals surface area (Å²) in [7, 11) is 1.73. The van der Waals surface area contributed by atoms with Gasteiger partial charge in [-0.05, 0) is 43.9 Å². The lowest BCUT2D eigenvalue weighted by Gasteiger charge is -2.26. The van der Waals surface area contributed by atoms with Crippen LogP contribution in [0.4, 0.5) is 0 Å². The van der Waals surface area contributed by atoms with Gasteiger partial charge in [0.1, 0.15) is 0 Å². The zero-order valence-electron chi connectivity index (χ0n) is 18.2. The van der Waals surface area contributed by atoms with Gasteiger partial charge in [-0.3, -0.25) is 4.79 Å². The number of aliphatic hydroxyl groups is 2. The lowest BCUT2D eigenvalue weighted by molar-refractivity contribution is -0.137. The number of rotatable bonds is 17. The summed E-state index contributed by atoms with van der Waals surface area (Å²) >= 11 is 0. The van der Waals surface area contributed by atoms with Gasteiger partial charge < -0.3 is 20.1 Å². The van der Waals surface area contributed by atoms with Crippen molar-refractivity contribution >= 4 is 5.97 Å². The molecule has 0 saturated heterocycles. The van der Waals surface area contributed by atoms with E-state index in [-0.39, 0.29) is 30.7 Å². The summed E-state index contributed by atoms with van der Waals surface area (Å²) < 4.78 is 5.65. The predicted octanol–water partition coefficient (Wildman–Crippen LogP) is 4.93. The summed E-state index contributed by atoms with van der Waals surface area (Å²) in [6.45, 7) is 2.21. The topological polar surface area (TPSA) is 87.0 Å². The van der Waals surface area contributed by atoms with E-state index in [1.807, 2.05) is 0 Å². The molecule has 1 fully saturated rings. The van der Waals surface area contributed by atoms with Crippen LogP contribution < -0.4 is 0 Å². The lowest BCUT2D eigenvalue weighted by atomic mass is 9.84. The van der Waals surface area contributed by atoms with E-state index in [2.05, 4.69) is 6.92 Å². The zero-order chi connectivity index (χ0) is 20.8. The molecule has 1 aliphatic carbocycles. The molecule has 0 bridgehead atoms. The van der Waals surface area contributed by atoms with Crippen LogP contribution in [0.2, 0.25) is 0 Å². The first kappa shape index (κ1) is 25.4. The summed E-state index contributed by atoms with van der Waals surface area (Å²) in [4.78, 5) is 10.6. The Kier molecular flexibility index (Phi) is 13.8. The smallest absolute Gasteiger partial charge is 0.303 e. The number of unbranched alkanes of at least 4 members (excludes halogenated alkanes) is 7. The minimum atomic E-state index is -0.724. The Balaban J connectivity index is 2.32. The van der Waals surface area contributed by atoms with E-state index in [4.69, 9.17) is 9.84 Å². The maximum absolute atomic E-state index is 10.6. The lowest BCUT2D eigenvalue weighted by Crippen LogP contribution is -2.25. The fourth-order valence-corrected chi connectivity index (χ4v) is 4.75. The first-order chi connectivity index (χ1) is 13.5. The monoisotopic (exact) mass is 400 g/mol. The molecule has 5 nitrogen and oxygen atoms in total. The largest absolute Gasteiger partial charge is 0.481 e. The van der Waals surface area contributed by atoms with Crippen LogP contribution in [0.3, 0.4) is 0 Å². The van der Waals surface area contributed by atoms with E-state index in [1.165, 1.54) is 25.7 Å². The number of hydrogen-bond acceptors (Lipinski definition) is 4. The third kappa shape index (κ3) is 10.2. The molecule has 0 spiro atoms. The zero-order valence-corrected chi connectivity index (χ0v) is 18.2. The number of hydrogen-bond donors (Lipinski definition) is 3.